The molecule has 1 atom stereocenters. The number of nitriles is 1. The number of pyridine rings is 1. The second-order valence-corrected chi connectivity index (χ2v) is 15.3. The first kappa shape index (κ1) is 35.6. The summed E-state index contributed by atoms with van der Waals surface area (Å²) in [5, 5.41) is 27.1. The third kappa shape index (κ3) is 7.42. The molecule has 2 aliphatic heterocycles. The fourth-order valence-corrected chi connectivity index (χ4v) is 7.58. The van der Waals surface area contributed by atoms with Crippen molar-refractivity contribution in [2.75, 3.05) is 36.8 Å². The summed E-state index contributed by atoms with van der Waals surface area (Å²) in [4.78, 5) is 22.4. The van der Waals surface area contributed by atoms with Crippen molar-refractivity contribution in [3.63, 3.8) is 0 Å². The Morgan fingerprint density at radius 2 is 1.75 bits per heavy atom. The number of rotatable bonds is 8. The molecule has 0 aliphatic carbocycles. The summed E-state index contributed by atoms with van der Waals surface area (Å²) < 4.78 is 15.9. The third-order valence-corrected chi connectivity index (χ3v) is 10.6. The Bertz CT molecular complexity index is 2160. The summed E-state index contributed by atoms with van der Waals surface area (Å²) in [5.74, 6) is -0.542. The molecule has 3 aromatic carbocycles. The lowest BCUT2D eigenvalue weighted by molar-refractivity contribution is 0.0792. The highest BCUT2D eigenvalue weighted by Crippen LogP contribution is 2.38. The summed E-state index contributed by atoms with van der Waals surface area (Å²) in [5.41, 5.74) is 4.55. The van der Waals surface area contributed by atoms with E-state index in [0.717, 1.165) is 57.4 Å². The summed E-state index contributed by atoms with van der Waals surface area (Å²) in [6.45, 7) is 10.2. The van der Waals surface area contributed by atoms with E-state index >= 15 is 0 Å². The van der Waals surface area contributed by atoms with Gasteiger partial charge in [0.05, 0.1) is 45.1 Å². The van der Waals surface area contributed by atoms with Crippen molar-refractivity contribution >= 4 is 57.1 Å². The molecule has 0 bridgehead atoms. The maximum Gasteiger partial charge on any atom is 0.253 e. The number of amides is 1. The number of piperidine rings is 1. The van der Waals surface area contributed by atoms with Gasteiger partial charge < -0.3 is 15.5 Å². The van der Waals surface area contributed by atoms with Crippen LogP contribution in [-0.4, -0.2) is 67.4 Å². The van der Waals surface area contributed by atoms with Gasteiger partial charge in [0.15, 0.2) is 0 Å². The standard InChI is InChI=1S/C39H40Cl2FN9O/c1-39(2,3)50-15-11-29(12-16-50)51-23-34(47-48-51)36(24-7-6-8-25(17-24)38(52)49-13-4-5-14-49)46-28-18-30-35(45-27-9-10-33(42)31(40)19-27)26(21-43)22-44-37(30)32(41)20-28/h6-10,17-20,22-23,29,36,46H,4-5,11-16H2,1-3H3,(H,44,45). The first-order chi connectivity index (χ1) is 25.0. The molecule has 2 N–H and O–H groups in total. The van der Waals surface area contributed by atoms with E-state index < -0.39 is 11.9 Å². The van der Waals surface area contributed by atoms with Crippen LogP contribution >= 0.6 is 23.2 Å². The van der Waals surface area contributed by atoms with E-state index in [0.29, 0.717) is 44.2 Å². The van der Waals surface area contributed by atoms with Gasteiger partial charge in [0.2, 0.25) is 0 Å². The van der Waals surface area contributed by atoms with Crippen molar-refractivity contribution < 1.29 is 9.18 Å². The number of halogens is 3. The van der Waals surface area contributed by atoms with Gasteiger partial charge in [-0.1, -0.05) is 40.5 Å². The van der Waals surface area contributed by atoms with Crippen LogP contribution in [0.3, 0.4) is 0 Å². The van der Waals surface area contributed by atoms with Crippen molar-refractivity contribution in [3.8, 4) is 6.07 Å². The van der Waals surface area contributed by atoms with Crippen LogP contribution in [0.5, 0.6) is 0 Å². The fraction of sp³-hybridized carbons (Fsp3) is 0.359. The molecule has 4 heterocycles. The number of hydrogen-bond donors (Lipinski definition) is 2. The van der Waals surface area contributed by atoms with Gasteiger partial charge in [-0.25, -0.2) is 9.07 Å². The monoisotopic (exact) mass is 739 g/mol. The Hall–Kier alpha value is -4.76. The summed E-state index contributed by atoms with van der Waals surface area (Å²) in [7, 11) is 0. The molecular formula is C39H40Cl2FN9O. The molecule has 52 heavy (non-hydrogen) atoms. The van der Waals surface area contributed by atoms with Crippen LogP contribution in [0, 0.1) is 17.1 Å². The first-order valence-electron chi connectivity index (χ1n) is 17.6. The van der Waals surface area contributed by atoms with E-state index in [1.165, 1.54) is 18.3 Å². The van der Waals surface area contributed by atoms with Crippen LogP contribution in [-0.2, 0) is 0 Å². The number of carbonyl (C=O) groups excluding carboxylic acids is 1. The van der Waals surface area contributed by atoms with Crippen LogP contribution in [0.25, 0.3) is 10.9 Å². The lowest BCUT2D eigenvalue weighted by atomic mass is 9.98. The van der Waals surface area contributed by atoms with Gasteiger partial charge in [-0.3, -0.25) is 14.7 Å². The predicted molar refractivity (Wildman–Crippen MR) is 203 cm³/mol. The second-order valence-electron chi connectivity index (χ2n) is 14.5. The highest BCUT2D eigenvalue weighted by atomic mass is 35.5. The molecule has 2 aliphatic rings. The molecule has 2 fully saturated rings. The van der Waals surface area contributed by atoms with E-state index in [-0.39, 0.29) is 28.1 Å². The van der Waals surface area contributed by atoms with E-state index in [9.17, 15) is 14.4 Å². The number of anilines is 3. The topological polar surface area (TPSA) is 115 Å². The molecule has 10 nitrogen and oxygen atoms in total. The van der Waals surface area contributed by atoms with Crippen LogP contribution < -0.4 is 10.6 Å². The number of likely N-dealkylation sites (tertiary alicyclic amines) is 2. The zero-order valence-electron chi connectivity index (χ0n) is 29.3. The van der Waals surface area contributed by atoms with Crippen molar-refractivity contribution in [2.45, 2.75) is 64.1 Å². The van der Waals surface area contributed by atoms with Crippen molar-refractivity contribution in [1.82, 2.24) is 29.8 Å². The molecule has 0 saturated carbocycles. The number of nitrogens with zero attached hydrogens (tertiary/aromatic N) is 7. The highest BCUT2D eigenvalue weighted by molar-refractivity contribution is 6.36. The summed E-state index contributed by atoms with van der Waals surface area (Å²) >= 11 is 13.0. The third-order valence-electron chi connectivity index (χ3n) is 10.0. The molecule has 0 radical (unpaired) electrons. The Morgan fingerprint density at radius 1 is 1.00 bits per heavy atom. The van der Waals surface area contributed by atoms with Crippen LogP contribution in [0.1, 0.15) is 85.7 Å². The number of carbonyl (C=O) groups is 1. The molecule has 2 aromatic heterocycles. The minimum absolute atomic E-state index is 0.00725. The molecule has 7 rings (SSSR count). The van der Waals surface area contributed by atoms with Gasteiger partial charge in [-0.2, -0.15) is 5.26 Å². The van der Waals surface area contributed by atoms with E-state index in [2.05, 4.69) is 57.7 Å². The minimum atomic E-state index is -0.550. The van der Waals surface area contributed by atoms with E-state index in [4.69, 9.17) is 23.2 Å². The summed E-state index contributed by atoms with van der Waals surface area (Å²) in [6.07, 6.45) is 7.37. The Morgan fingerprint density at radius 3 is 2.46 bits per heavy atom. The quantitative estimate of drug-likeness (QED) is 0.162. The lowest BCUT2D eigenvalue weighted by Crippen LogP contribution is -2.46. The molecule has 268 valence electrons. The van der Waals surface area contributed by atoms with E-state index in [1.54, 1.807) is 12.1 Å². The zero-order valence-corrected chi connectivity index (χ0v) is 30.8. The molecule has 5 aromatic rings. The smallest absolute Gasteiger partial charge is 0.253 e. The number of fused-ring (bicyclic) bond motifs is 1. The van der Waals surface area contributed by atoms with Gasteiger partial charge in [-0.05, 0) is 94.5 Å². The lowest BCUT2D eigenvalue weighted by Gasteiger charge is -2.40. The number of aromatic nitrogens is 4. The van der Waals surface area contributed by atoms with Gasteiger partial charge in [0.1, 0.15) is 17.6 Å². The molecule has 13 heteroatoms. The minimum Gasteiger partial charge on any atom is -0.373 e. The predicted octanol–water partition coefficient (Wildman–Crippen LogP) is 8.76. The van der Waals surface area contributed by atoms with Crippen molar-refractivity contribution in [3.05, 3.63) is 105 Å². The normalized spacial score (nSPS) is 16.2. The average molecular weight is 741 g/mol. The number of nitrogens with one attached hydrogen (secondary N) is 2. The van der Waals surface area contributed by atoms with Gasteiger partial charge in [-0.15, -0.1) is 5.10 Å². The molecule has 1 amide bonds. The molecule has 0 spiro atoms. The largest absolute Gasteiger partial charge is 0.373 e. The molecule has 1 unspecified atom stereocenters. The van der Waals surface area contributed by atoms with Crippen molar-refractivity contribution in [1.29, 1.82) is 5.26 Å². The Balaban J connectivity index is 1.27. The van der Waals surface area contributed by atoms with Gasteiger partial charge in [0.25, 0.3) is 5.91 Å². The molecular weight excluding hydrogens is 700 g/mol. The Kier molecular flexibility index (Phi) is 10.1. The first-order valence-corrected chi connectivity index (χ1v) is 18.3. The maximum atomic E-state index is 14.0. The molecule has 2 saturated heterocycles. The van der Waals surface area contributed by atoms with E-state index in [1.807, 2.05) is 46.1 Å². The van der Waals surface area contributed by atoms with Crippen LogP contribution in [0.2, 0.25) is 10.0 Å². The SMILES string of the molecule is CC(C)(C)N1CCC(n2cc(C(Nc3cc(Cl)c4ncc(C#N)c(Nc5ccc(F)c(Cl)c5)c4c3)c3cccc(C(=O)N4CCCC4)c3)nn2)CC1. The highest BCUT2D eigenvalue weighted by Gasteiger charge is 2.30. The summed E-state index contributed by atoms with van der Waals surface area (Å²) in [6, 6.07) is 17.4. The van der Waals surface area contributed by atoms with Crippen LogP contribution in [0.4, 0.5) is 21.5 Å². The number of benzene rings is 3. The van der Waals surface area contributed by atoms with Gasteiger partial charge >= 0.3 is 0 Å². The average Bonchev–Trinajstić information content (AvgIpc) is 3.86. The van der Waals surface area contributed by atoms with Crippen LogP contribution in [0.15, 0.2) is 67.0 Å². The fourth-order valence-electron chi connectivity index (χ4n) is 7.13. The Labute approximate surface area is 312 Å². The number of hydrogen-bond acceptors (Lipinski definition) is 8. The second kappa shape index (κ2) is 14.7. The zero-order chi connectivity index (χ0) is 36.6. The van der Waals surface area contributed by atoms with Crippen molar-refractivity contribution in [2.24, 2.45) is 0 Å². The van der Waals surface area contributed by atoms with Gasteiger partial charge in [0, 0.05) is 60.2 Å². The maximum absolute atomic E-state index is 14.0.